The van der Waals surface area contributed by atoms with Gasteiger partial charge in [0.15, 0.2) is 0 Å². The van der Waals surface area contributed by atoms with Gasteiger partial charge in [-0.05, 0) is 37.5 Å². The maximum Gasteiger partial charge on any atom is 0.304 e. The number of fused-ring (bicyclic) bond motifs is 1. The van der Waals surface area contributed by atoms with E-state index >= 15 is 0 Å². The number of para-hydroxylation sites is 1. The molecule has 5 nitrogen and oxygen atoms in total. The molecule has 30 heavy (non-hydrogen) atoms. The van der Waals surface area contributed by atoms with Gasteiger partial charge >= 0.3 is 5.97 Å². The van der Waals surface area contributed by atoms with E-state index in [0.29, 0.717) is 6.61 Å². The van der Waals surface area contributed by atoms with Crippen molar-refractivity contribution in [2.24, 2.45) is 7.05 Å². The second-order valence-corrected chi connectivity index (χ2v) is 7.39. The van der Waals surface area contributed by atoms with E-state index in [4.69, 9.17) is 14.9 Å². The molecule has 2 aromatic carbocycles. The van der Waals surface area contributed by atoms with Gasteiger partial charge in [-0.2, -0.15) is 5.10 Å². The number of carboxylic acid groups (broad SMARTS) is 1. The fourth-order valence-corrected chi connectivity index (χ4v) is 3.70. The molecule has 1 N–H and O–H groups in total. The van der Waals surface area contributed by atoms with Crippen LogP contribution in [0, 0.1) is 11.8 Å². The van der Waals surface area contributed by atoms with Gasteiger partial charge < -0.3 is 9.84 Å². The quantitative estimate of drug-likeness (QED) is 0.505. The first kappa shape index (κ1) is 21.4. The number of nitrogens with zero attached hydrogens (tertiary/aromatic N) is 2. The molecule has 0 bridgehead atoms. The summed E-state index contributed by atoms with van der Waals surface area (Å²) in [5.41, 5.74) is 4.23. The van der Waals surface area contributed by atoms with Crippen LogP contribution in [0.5, 0.6) is 5.75 Å². The van der Waals surface area contributed by atoms with Crippen molar-refractivity contribution in [1.29, 1.82) is 0 Å². The molecule has 0 saturated heterocycles. The van der Waals surface area contributed by atoms with Crippen LogP contribution >= 0.6 is 0 Å². The van der Waals surface area contributed by atoms with Crippen molar-refractivity contribution in [3.05, 3.63) is 59.3 Å². The van der Waals surface area contributed by atoms with E-state index in [1.165, 1.54) is 5.39 Å². The lowest BCUT2D eigenvalue weighted by atomic mass is 9.96. The SMILES string of the molecule is CC#CC(CC(=O)O)c1ccc(OCc2cccc3c(CCCC)nn(C)c23)cc1. The van der Waals surface area contributed by atoms with Crippen molar-refractivity contribution in [3.63, 3.8) is 0 Å². The van der Waals surface area contributed by atoms with Crippen LogP contribution in [0.1, 0.15) is 55.8 Å². The van der Waals surface area contributed by atoms with Gasteiger partial charge in [-0.15, -0.1) is 5.92 Å². The molecule has 0 aliphatic rings. The highest BCUT2D eigenvalue weighted by molar-refractivity contribution is 5.85. The summed E-state index contributed by atoms with van der Waals surface area (Å²) in [5.74, 6) is 5.36. The molecule has 3 aromatic rings. The van der Waals surface area contributed by atoms with Gasteiger partial charge in [0.05, 0.1) is 23.5 Å². The van der Waals surface area contributed by atoms with Crippen LogP contribution in [-0.4, -0.2) is 20.9 Å². The van der Waals surface area contributed by atoms with Gasteiger partial charge in [-0.25, -0.2) is 0 Å². The van der Waals surface area contributed by atoms with Gasteiger partial charge in [0.1, 0.15) is 12.4 Å². The molecule has 1 unspecified atom stereocenters. The van der Waals surface area contributed by atoms with Crippen LogP contribution in [0.3, 0.4) is 0 Å². The Balaban J connectivity index is 1.75. The summed E-state index contributed by atoms with van der Waals surface area (Å²) < 4.78 is 7.97. The lowest BCUT2D eigenvalue weighted by Crippen LogP contribution is -2.05. The number of aryl methyl sites for hydroxylation is 2. The molecule has 0 aliphatic heterocycles. The number of aromatic nitrogens is 2. The van der Waals surface area contributed by atoms with Crippen molar-refractivity contribution < 1.29 is 14.6 Å². The Morgan fingerprint density at radius 1 is 1.23 bits per heavy atom. The van der Waals surface area contributed by atoms with Gasteiger partial charge in [-0.3, -0.25) is 9.48 Å². The molecule has 0 fully saturated rings. The summed E-state index contributed by atoms with van der Waals surface area (Å²) in [6, 6.07) is 13.8. The van der Waals surface area contributed by atoms with Gasteiger partial charge in [0.2, 0.25) is 0 Å². The second kappa shape index (κ2) is 9.98. The number of aliphatic carboxylic acids is 1. The van der Waals surface area contributed by atoms with Crippen LogP contribution < -0.4 is 4.74 Å². The molecule has 1 aromatic heterocycles. The Kier molecular flexibility index (Phi) is 7.13. The van der Waals surface area contributed by atoms with Gasteiger partial charge in [-0.1, -0.05) is 49.6 Å². The zero-order chi connectivity index (χ0) is 21.5. The van der Waals surface area contributed by atoms with Crippen molar-refractivity contribution in [1.82, 2.24) is 9.78 Å². The Hall–Kier alpha value is -3.26. The Bertz CT molecular complexity index is 1070. The van der Waals surface area contributed by atoms with Gasteiger partial charge in [0, 0.05) is 18.0 Å². The standard InChI is InChI=1S/C25H28N2O3/c1-4-6-11-23-22-10-7-9-20(25(22)27(3)26-23)17-30-21-14-12-18(13-15-21)19(8-5-2)16-24(28)29/h7,9-10,12-15,19H,4,6,11,16-17H2,1-3H3,(H,28,29). The van der Waals surface area contributed by atoms with E-state index in [1.807, 2.05) is 36.0 Å². The summed E-state index contributed by atoms with van der Waals surface area (Å²) in [7, 11) is 1.98. The third kappa shape index (κ3) is 5.01. The summed E-state index contributed by atoms with van der Waals surface area (Å²) >= 11 is 0. The normalized spacial score (nSPS) is 11.7. The number of carboxylic acids is 1. The zero-order valence-electron chi connectivity index (χ0n) is 17.8. The number of hydrogen-bond acceptors (Lipinski definition) is 3. The van der Waals surface area contributed by atoms with Crippen LogP contribution in [0.25, 0.3) is 10.9 Å². The highest BCUT2D eigenvalue weighted by Crippen LogP contribution is 2.26. The molecular weight excluding hydrogens is 376 g/mol. The highest BCUT2D eigenvalue weighted by atomic mass is 16.5. The summed E-state index contributed by atoms with van der Waals surface area (Å²) in [4.78, 5) is 11.1. The number of rotatable bonds is 9. The smallest absolute Gasteiger partial charge is 0.304 e. The van der Waals surface area contributed by atoms with Crippen molar-refractivity contribution >= 4 is 16.9 Å². The fourth-order valence-electron chi connectivity index (χ4n) is 3.70. The zero-order valence-corrected chi connectivity index (χ0v) is 17.8. The highest BCUT2D eigenvalue weighted by Gasteiger charge is 2.14. The van der Waals surface area contributed by atoms with Crippen LogP contribution in [0.15, 0.2) is 42.5 Å². The molecule has 3 rings (SSSR count). The van der Waals surface area contributed by atoms with E-state index in [-0.39, 0.29) is 12.3 Å². The first-order chi connectivity index (χ1) is 14.5. The number of hydrogen-bond donors (Lipinski definition) is 1. The summed E-state index contributed by atoms with van der Waals surface area (Å²) in [6.45, 7) is 4.35. The fraction of sp³-hybridized carbons (Fsp3) is 0.360. The minimum absolute atomic E-state index is 0.0100. The molecule has 0 spiro atoms. The minimum atomic E-state index is -0.856. The predicted molar refractivity (Wildman–Crippen MR) is 119 cm³/mol. The molecule has 156 valence electrons. The number of ether oxygens (including phenoxy) is 1. The van der Waals surface area contributed by atoms with Crippen molar-refractivity contribution in [2.75, 3.05) is 0 Å². The summed E-state index contributed by atoms with van der Waals surface area (Å²) in [5, 5.41) is 15.0. The van der Waals surface area contributed by atoms with Crippen molar-refractivity contribution in [3.8, 4) is 17.6 Å². The van der Waals surface area contributed by atoms with E-state index in [2.05, 4.69) is 37.0 Å². The van der Waals surface area contributed by atoms with Crippen LogP contribution in [-0.2, 0) is 24.9 Å². The average Bonchev–Trinajstić information content (AvgIpc) is 3.07. The molecule has 1 atom stereocenters. The topological polar surface area (TPSA) is 64.3 Å². The van der Waals surface area contributed by atoms with E-state index in [0.717, 1.165) is 47.3 Å². The molecular formula is C25H28N2O3. The van der Waals surface area contributed by atoms with Crippen LogP contribution in [0.2, 0.25) is 0 Å². The lowest BCUT2D eigenvalue weighted by Gasteiger charge is -2.11. The molecule has 0 aliphatic carbocycles. The van der Waals surface area contributed by atoms with E-state index < -0.39 is 5.97 Å². The molecule has 0 saturated carbocycles. The third-order valence-corrected chi connectivity index (χ3v) is 5.17. The third-order valence-electron chi connectivity index (χ3n) is 5.17. The number of carbonyl (C=O) groups is 1. The maximum atomic E-state index is 11.1. The van der Waals surface area contributed by atoms with Crippen LogP contribution in [0.4, 0.5) is 0 Å². The monoisotopic (exact) mass is 404 g/mol. The summed E-state index contributed by atoms with van der Waals surface area (Å²) in [6.07, 6.45) is 3.25. The minimum Gasteiger partial charge on any atom is -0.489 e. The largest absolute Gasteiger partial charge is 0.489 e. The maximum absolute atomic E-state index is 11.1. The van der Waals surface area contributed by atoms with E-state index in [1.54, 1.807) is 6.92 Å². The first-order valence-corrected chi connectivity index (χ1v) is 10.3. The molecule has 0 radical (unpaired) electrons. The Labute approximate surface area is 177 Å². The predicted octanol–water partition coefficient (Wildman–Crippen LogP) is 5.08. The van der Waals surface area contributed by atoms with Crippen molar-refractivity contribution in [2.45, 2.75) is 52.1 Å². The lowest BCUT2D eigenvalue weighted by molar-refractivity contribution is -0.137. The average molecular weight is 405 g/mol. The number of benzene rings is 2. The molecule has 1 heterocycles. The Morgan fingerprint density at radius 2 is 2.00 bits per heavy atom. The molecule has 5 heteroatoms. The van der Waals surface area contributed by atoms with E-state index in [9.17, 15) is 4.79 Å². The number of unbranched alkanes of at least 4 members (excludes halogenated alkanes) is 1. The molecule has 0 amide bonds. The Morgan fingerprint density at radius 3 is 2.67 bits per heavy atom. The van der Waals surface area contributed by atoms with Gasteiger partial charge in [0.25, 0.3) is 0 Å². The second-order valence-electron chi connectivity index (χ2n) is 7.39. The first-order valence-electron chi connectivity index (χ1n) is 10.3.